The van der Waals surface area contributed by atoms with E-state index < -0.39 is 14.6 Å². The molecule has 1 aromatic heterocycles. The maximum absolute atomic E-state index is 13.5. The largest absolute Gasteiger partial charge is 0.381 e. The SMILES string of the molecule is CCNC(=NCC1(S(C)(=O)=O)CCOCC1)NCCc1c[nH]c2ccc(F)cc12.I. The second kappa shape index (κ2) is 10.8. The van der Waals surface area contributed by atoms with Gasteiger partial charge in [0.25, 0.3) is 0 Å². The Morgan fingerprint density at radius 2 is 2.03 bits per heavy atom. The van der Waals surface area contributed by atoms with Gasteiger partial charge in [-0.3, -0.25) is 4.99 Å². The highest BCUT2D eigenvalue weighted by molar-refractivity contribution is 14.0. The number of aliphatic imine (C=N–C) groups is 1. The molecule has 0 spiro atoms. The van der Waals surface area contributed by atoms with Gasteiger partial charge < -0.3 is 20.4 Å². The number of nitrogens with one attached hydrogen (secondary N) is 3. The number of benzene rings is 1. The topological polar surface area (TPSA) is 95.6 Å². The van der Waals surface area contributed by atoms with Crippen LogP contribution in [0.1, 0.15) is 25.3 Å². The van der Waals surface area contributed by atoms with Gasteiger partial charge in [0.1, 0.15) is 5.82 Å². The van der Waals surface area contributed by atoms with E-state index in [1.165, 1.54) is 18.4 Å². The lowest BCUT2D eigenvalue weighted by Gasteiger charge is -2.34. The Hall–Kier alpha value is -1.40. The number of hydrogen-bond acceptors (Lipinski definition) is 4. The van der Waals surface area contributed by atoms with Gasteiger partial charge in [0.15, 0.2) is 15.8 Å². The zero-order valence-electron chi connectivity index (χ0n) is 17.3. The van der Waals surface area contributed by atoms with Crippen LogP contribution in [0.25, 0.3) is 10.9 Å². The predicted octanol–water partition coefficient (Wildman–Crippen LogP) is 2.62. The Kier molecular flexibility index (Phi) is 8.92. The van der Waals surface area contributed by atoms with Crippen molar-refractivity contribution in [2.75, 3.05) is 39.1 Å². The van der Waals surface area contributed by atoms with E-state index in [1.807, 2.05) is 13.1 Å². The van der Waals surface area contributed by atoms with Gasteiger partial charge in [0.05, 0.1) is 11.3 Å². The van der Waals surface area contributed by atoms with E-state index in [1.54, 1.807) is 6.07 Å². The molecule has 2 heterocycles. The molecule has 0 saturated carbocycles. The van der Waals surface area contributed by atoms with Crippen LogP contribution >= 0.6 is 24.0 Å². The van der Waals surface area contributed by atoms with Crippen molar-refractivity contribution in [3.63, 3.8) is 0 Å². The zero-order chi connectivity index (χ0) is 20.9. The van der Waals surface area contributed by atoms with Crippen molar-refractivity contribution in [3.05, 3.63) is 35.8 Å². The number of H-pyrrole nitrogens is 1. The van der Waals surface area contributed by atoms with E-state index in [9.17, 15) is 12.8 Å². The fourth-order valence-electron chi connectivity index (χ4n) is 3.63. The number of guanidine groups is 1. The van der Waals surface area contributed by atoms with Crippen LogP contribution in [0.2, 0.25) is 0 Å². The Morgan fingerprint density at radius 1 is 1.30 bits per heavy atom. The van der Waals surface area contributed by atoms with Crippen LogP contribution in [0, 0.1) is 5.82 Å². The molecule has 30 heavy (non-hydrogen) atoms. The van der Waals surface area contributed by atoms with Crippen molar-refractivity contribution < 1.29 is 17.5 Å². The van der Waals surface area contributed by atoms with Gasteiger partial charge in [-0.15, -0.1) is 24.0 Å². The lowest BCUT2D eigenvalue weighted by molar-refractivity contribution is 0.0768. The van der Waals surface area contributed by atoms with E-state index in [0.29, 0.717) is 51.5 Å². The summed E-state index contributed by atoms with van der Waals surface area (Å²) in [6.07, 6.45) is 4.76. The third-order valence-corrected chi connectivity index (χ3v) is 7.59. The van der Waals surface area contributed by atoms with Crippen LogP contribution in [0.15, 0.2) is 29.4 Å². The van der Waals surface area contributed by atoms with Crippen molar-refractivity contribution in [3.8, 4) is 0 Å². The van der Waals surface area contributed by atoms with Crippen LogP contribution in [0.4, 0.5) is 4.39 Å². The zero-order valence-corrected chi connectivity index (χ0v) is 20.5. The first kappa shape index (κ1) is 24.9. The normalized spacial score (nSPS) is 16.8. The highest BCUT2D eigenvalue weighted by Gasteiger charge is 2.42. The first-order valence-corrected chi connectivity index (χ1v) is 11.8. The van der Waals surface area contributed by atoms with Crippen LogP contribution in [-0.4, -0.2) is 63.2 Å². The second-order valence-electron chi connectivity index (χ2n) is 7.44. The number of nitrogens with zero attached hydrogens (tertiary/aromatic N) is 1. The molecule has 1 saturated heterocycles. The maximum atomic E-state index is 13.5. The summed E-state index contributed by atoms with van der Waals surface area (Å²) in [5.74, 6) is 0.316. The number of rotatable bonds is 7. The number of aromatic amines is 1. The molecule has 0 amide bonds. The van der Waals surface area contributed by atoms with E-state index in [2.05, 4.69) is 20.6 Å². The summed E-state index contributed by atoms with van der Waals surface area (Å²) in [6.45, 7) is 4.28. The highest BCUT2D eigenvalue weighted by Crippen LogP contribution is 2.29. The minimum Gasteiger partial charge on any atom is -0.381 e. The van der Waals surface area contributed by atoms with Crippen molar-refractivity contribution >= 4 is 50.7 Å². The fourth-order valence-corrected chi connectivity index (χ4v) is 4.83. The van der Waals surface area contributed by atoms with Crippen molar-refractivity contribution in [1.29, 1.82) is 0 Å². The van der Waals surface area contributed by atoms with Crippen LogP contribution in [-0.2, 0) is 21.0 Å². The molecule has 1 aliphatic heterocycles. The van der Waals surface area contributed by atoms with E-state index >= 15 is 0 Å². The summed E-state index contributed by atoms with van der Waals surface area (Å²) >= 11 is 0. The molecule has 2 aromatic rings. The van der Waals surface area contributed by atoms with Crippen molar-refractivity contribution in [1.82, 2.24) is 15.6 Å². The summed E-state index contributed by atoms with van der Waals surface area (Å²) in [5, 5.41) is 7.28. The van der Waals surface area contributed by atoms with Gasteiger partial charge in [-0.2, -0.15) is 0 Å². The molecule has 1 aromatic carbocycles. The summed E-state index contributed by atoms with van der Waals surface area (Å²) in [5.41, 5.74) is 1.91. The molecule has 1 fully saturated rings. The summed E-state index contributed by atoms with van der Waals surface area (Å²) < 4.78 is 42.8. The first-order valence-electron chi connectivity index (χ1n) is 9.90. The molecule has 0 aliphatic carbocycles. The Morgan fingerprint density at radius 3 is 2.70 bits per heavy atom. The number of fused-ring (bicyclic) bond motifs is 1. The summed E-state index contributed by atoms with van der Waals surface area (Å²) in [6, 6.07) is 4.69. The third kappa shape index (κ3) is 5.85. The van der Waals surface area contributed by atoms with Crippen molar-refractivity contribution in [2.24, 2.45) is 4.99 Å². The van der Waals surface area contributed by atoms with E-state index in [-0.39, 0.29) is 36.3 Å². The van der Waals surface area contributed by atoms with E-state index in [4.69, 9.17) is 4.74 Å². The number of hydrogen-bond donors (Lipinski definition) is 3. The molecule has 7 nitrogen and oxygen atoms in total. The predicted molar refractivity (Wildman–Crippen MR) is 129 cm³/mol. The summed E-state index contributed by atoms with van der Waals surface area (Å²) in [7, 11) is -3.26. The van der Waals surface area contributed by atoms with Gasteiger partial charge >= 0.3 is 0 Å². The van der Waals surface area contributed by atoms with Crippen molar-refractivity contribution in [2.45, 2.75) is 30.9 Å². The monoisotopic (exact) mass is 552 g/mol. The molecular weight excluding hydrogens is 522 g/mol. The van der Waals surface area contributed by atoms with Gasteiger partial charge in [0.2, 0.25) is 0 Å². The molecule has 0 radical (unpaired) electrons. The van der Waals surface area contributed by atoms with Gasteiger partial charge in [0, 0.05) is 49.7 Å². The molecule has 1 aliphatic rings. The standard InChI is InChI=1S/C20H29FN4O3S.HI/c1-3-22-19(25-14-20(29(2,26)27)7-10-28-11-8-20)23-9-6-15-13-24-18-5-4-16(21)12-17(15)18;/h4-5,12-13,24H,3,6-11,14H2,1-2H3,(H2,22,23,25);1H. The molecule has 3 rings (SSSR count). The Bertz CT molecular complexity index is 972. The Labute approximate surface area is 194 Å². The smallest absolute Gasteiger partial charge is 0.191 e. The van der Waals surface area contributed by atoms with Crippen LogP contribution < -0.4 is 10.6 Å². The highest BCUT2D eigenvalue weighted by atomic mass is 127. The van der Waals surface area contributed by atoms with Crippen LogP contribution in [0.5, 0.6) is 0 Å². The average Bonchev–Trinajstić information content (AvgIpc) is 3.08. The molecule has 0 unspecified atom stereocenters. The van der Waals surface area contributed by atoms with Gasteiger partial charge in [-0.25, -0.2) is 12.8 Å². The number of aromatic nitrogens is 1. The second-order valence-corrected chi connectivity index (χ2v) is 9.85. The fraction of sp³-hybridized carbons (Fsp3) is 0.550. The first-order chi connectivity index (χ1) is 13.8. The maximum Gasteiger partial charge on any atom is 0.191 e. The number of sulfone groups is 1. The quantitative estimate of drug-likeness (QED) is 0.279. The minimum absolute atomic E-state index is 0. The third-order valence-electron chi connectivity index (χ3n) is 5.48. The number of halogens is 2. The van der Waals surface area contributed by atoms with Crippen LogP contribution in [0.3, 0.4) is 0 Å². The molecule has 168 valence electrons. The van der Waals surface area contributed by atoms with E-state index in [0.717, 1.165) is 16.5 Å². The van der Waals surface area contributed by atoms with Gasteiger partial charge in [-0.05, 0) is 49.9 Å². The lowest BCUT2D eigenvalue weighted by Crippen LogP contribution is -2.47. The lowest BCUT2D eigenvalue weighted by atomic mass is 9.99. The molecule has 0 atom stereocenters. The molecule has 0 bridgehead atoms. The number of ether oxygens (including phenoxy) is 1. The molecule has 3 N–H and O–H groups in total. The molecular formula is C20H30FIN4O3S. The van der Waals surface area contributed by atoms with Gasteiger partial charge in [-0.1, -0.05) is 0 Å². The minimum atomic E-state index is -3.26. The molecule has 10 heteroatoms. The Balaban J connectivity index is 0.00000320. The average molecular weight is 552 g/mol. The summed E-state index contributed by atoms with van der Waals surface area (Å²) in [4.78, 5) is 7.71.